The van der Waals surface area contributed by atoms with E-state index in [2.05, 4.69) is 36.5 Å². The van der Waals surface area contributed by atoms with Crippen LogP contribution in [-0.4, -0.2) is 5.11 Å². The molecule has 2 nitrogen and oxygen atoms in total. The van der Waals surface area contributed by atoms with Crippen molar-refractivity contribution in [2.24, 2.45) is 0 Å². The maximum atomic E-state index is 9.64. The molecule has 21 heavy (non-hydrogen) atoms. The third kappa shape index (κ3) is 2.83. The predicted molar refractivity (Wildman–Crippen MR) is 88.6 cm³/mol. The Labute approximate surface area is 134 Å². The van der Waals surface area contributed by atoms with Gasteiger partial charge in [-0.15, -0.1) is 0 Å². The smallest absolute Gasteiger partial charge is 0.152 e. The van der Waals surface area contributed by atoms with Crippen molar-refractivity contribution in [1.82, 2.24) is 0 Å². The molecule has 0 amide bonds. The highest BCUT2D eigenvalue weighted by Gasteiger charge is 2.24. The van der Waals surface area contributed by atoms with Gasteiger partial charge in [0.2, 0.25) is 0 Å². The van der Waals surface area contributed by atoms with Gasteiger partial charge >= 0.3 is 0 Å². The van der Waals surface area contributed by atoms with E-state index < -0.39 is 0 Å². The van der Waals surface area contributed by atoms with Gasteiger partial charge in [-0.2, -0.15) is 0 Å². The molecule has 0 heterocycles. The summed E-state index contributed by atoms with van der Waals surface area (Å²) in [5.41, 5.74) is 3.56. The van der Waals surface area contributed by atoms with Crippen LogP contribution in [0.5, 0.6) is 5.75 Å². The van der Waals surface area contributed by atoms with Crippen molar-refractivity contribution in [2.75, 3.05) is 5.32 Å². The Bertz CT molecular complexity index is 649. The molecule has 0 spiro atoms. The number of anilines is 1. The lowest BCUT2D eigenvalue weighted by atomic mass is 9.81. The van der Waals surface area contributed by atoms with E-state index in [1.807, 2.05) is 0 Å². The lowest BCUT2D eigenvalue weighted by Crippen LogP contribution is -2.19. The quantitative estimate of drug-likeness (QED) is 0.690. The van der Waals surface area contributed by atoms with E-state index in [1.54, 1.807) is 12.1 Å². The second-order valence-corrected chi connectivity index (χ2v) is 6.41. The summed E-state index contributed by atoms with van der Waals surface area (Å²) in [6.07, 6.45) is 2.21. The summed E-state index contributed by atoms with van der Waals surface area (Å²) < 4.78 is 0. The van der Waals surface area contributed by atoms with Crippen molar-refractivity contribution in [3.05, 3.63) is 57.6 Å². The van der Waals surface area contributed by atoms with Gasteiger partial charge < -0.3 is 10.4 Å². The van der Waals surface area contributed by atoms with E-state index in [4.69, 9.17) is 23.2 Å². The Morgan fingerprint density at radius 3 is 2.33 bits per heavy atom. The first-order chi connectivity index (χ1) is 10.1. The first-order valence-corrected chi connectivity index (χ1v) is 7.85. The van der Waals surface area contributed by atoms with Gasteiger partial charge in [-0.1, -0.05) is 54.4 Å². The molecule has 2 atom stereocenters. The molecule has 110 valence electrons. The number of phenolic OH excluding ortho intramolecular Hbond substituents is 1. The molecule has 1 aliphatic rings. The molecule has 0 aromatic heterocycles. The van der Waals surface area contributed by atoms with Gasteiger partial charge in [-0.05, 0) is 42.0 Å². The molecule has 2 aromatic rings. The standard InChI is InChI=1S/C17H17Cl2NO/c1-10-6-7-16(13-5-3-2-4-12(10)13)20-11-8-14(18)17(21)15(19)9-11/h2-5,8-10,16,20-21H,6-7H2,1H3. The third-order valence-corrected chi connectivity index (χ3v) is 4.72. The van der Waals surface area contributed by atoms with E-state index in [9.17, 15) is 5.11 Å². The Morgan fingerprint density at radius 1 is 1.05 bits per heavy atom. The highest BCUT2D eigenvalue weighted by atomic mass is 35.5. The minimum Gasteiger partial charge on any atom is -0.505 e. The van der Waals surface area contributed by atoms with Crippen LogP contribution in [0.15, 0.2) is 36.4 Å². The predicted octanol–water partition coefficient (Wildman–Crippen LogP) is 5.75. The summed E-state index contributed by atoms with van der Waals surface area (Å²) >= 11 is 12.0. The number of halogens is 2. The Balaban J connectivity index is 1.91. The average Bonchev–Trinajstić information content (AvgIpc) is 2.48. The molecule has 2 N–H and O–H groups in total. The van der Waals surface area contributed by atoms with Crippen LogP contribution in [0.1, 0.15) is 42.9 Å². The number of benzene rings is 2. The van der Waals surface area contributed by atoms with Gasteiger partial charge in [-0.3, -0.25) is 0 Å². The van der Waals surface area contributed by atoms with Gasteiger partial charge in [0.1, 0.15) is 0 Å². The van der Waals surface area contributed by atoms with Gasteiger partial charge in [0, 0.05) is 5.69 Å². The molecule has 3 rings (SSSR count). The molecule has 0 saturated heterocycles. The molecule has 0 saturated carbocycles. The van der Waals surface area contributed by atoms with E-state index in [1.165, 1.54) is 11.1 Å². The van der Waals surface area contributed by atoms with E-state index in [-0.39, 0.29) is 21.8 Å². The molecule has 2 aromatic carbocycles. The fraction of sp³-hybridized carbons (Fsp3) is 0.294. The van der Waals surface area contributed by atoms with Gasteiger partial charge in [0.05, 0.1) is 16.1 Å². The number of rotatable bonds is 2. The summed E-state index contributed by atoms with van der Waals surface area (Å²) in [5, 5.41) is 13.7. The van der Waals surface area contributed by atoms with Crippen LogP contribution in [-0.2, 0) is 0 Å². The second-order valence-electron chi connectivity index (χ2n) is 5.59. The van der Waals surface area contributed by atoms with Crippen molar-refractivity contribution in [2.45, 2.75) is 31.7 Å². The zero-order chi connectivity index (χ0) is 15.0. The van der Waals surface area contributed by atoms with Gasteiger partial charge in [0.25, 0.3) is 0 Å². The topological polar surface area (TPSA) is 32.3 Å². The molecular formula is C17H17Cl2NO. The van der Waals surface area contributed by atoms with Crippen LogP contribution in [0, 0.1) is 0 Å². The number of nitrogens with one attached hydrogen (secondary N) is 1. The van der Waals surface area contributed by atoms with Crippen LogP contribution < -0.4 is 5.32 Å². The maximum Gasteiger partial charge on any atom is 0.152 e. The van der Waals surface area contributed by atoms with Crippen molar-refractivity contribution in [3.63, 3.8) is 0 Å². The highest BCUT2D eigenvalue weighted by molar-refractivity contribution is 6.37. The molecule has 0 radical (unpaired) electrons. The molecule has 0 aliphatic heterocycles. The number of aromatic hydroxyl groups is 1. The van der Waals surface area contributed by atoms with Crippen molar-refractivity contribution < 1.29 is 5.11 Å². The molecule has 0 fully saturated rings. The van der Waals surface area contributed by atoms with Gasteiger partial charge in [-0.25, -0.2) is 0 Å². The van der Waals surface area contributed by atoms with Crippen LogP contribution in [0.4, 0.5) is 5.69 Å². The fourth-order valence-electron chi connectivity index (χ4n) is 3.00. The molecule has 4 heteroatoms. The van der Waals surface area contributed by atoms with E-state index >= 15 is 0 Å². The Hall–Kier alpha value is -1.38. The summed E-state index contributed by atoms with van der Waals surface area (Å²) in [5.74, 6) is 0.521. The van der Waals surface area contributed by atoms with Crippen LogP contribution in [0.2, 0.25) is 10.0 Å². The Morgan fingerprint density at radius 2 is 1.67 bits per heavy atom. The molecule has 2 unspecified atom stereocenters. The van der Waals surface area contributed by atoms with Crippen LogP contribution >= 0.6 is 23.2 Å². The third-order valence-electron chi connectivity index (χ3n) is 4.15. The highest BCUT2D eigenvalue weighted by Crippen LogP contribution is 2.40. The summed E-state index contributed by atoms with van der Waals surface area (Å²) in [6.45, 7) is 2.27. The lowest BCUT2D eigenvalue weighted by molar-refractivity contribution is 0.476. The minimum atomic E-state index is -0.0680. The first kappa shape index (κ1) is 14.6. The normalized spacial score (nSPS) is 20.9. The van der Waals surface area contributed by atoms with Gasteiger partial charge in [0.15, 0.2) is 5.75 Å². The maximum absolute atomic E-state index is 9.64. The number of fused-ring (bicyclic) bond motifs is 1. The number of hydrogen-bond donors (Lipinski definition) is 2. The van der Waals surface area contributed by atoms with E-state index in [0.29, 0.717) is 5.92 Å². The summed E-state index contributed by atoms with van der Waals surface area (Å²) in [4.78, 5) is 0. The van der Waals surface area contributed by atoms with Crippen LogP contribution in [0.25, 0.3) is 0 Å². The fourth-order valence-corrected chi connectivity index (χ4v) is 3.49. The minimum absolute atomic E-state index is 0.0680. The SMILES string of the molecule is CC1CCC(Nc2cc(Cl)c(O)c(Cl)c2)c2ccccc21. The Kier molecular flexibility index (Phi) is 4.01. The summed E-state index contributed by atoms with van der Waals surface area (Å²) in [6, 6.07) is 12.2. The van der Waals surface area contributed by atoms with Crippen LogP contribution in [0.3, 0.4) is 0 Å². The second kappa shape index (κ2) is 5.78. The molecule has 0 bridgehead atoms. The zero-order valence-corrected chi connectivity index (χ0v) is 13.2. The van der Waals surface area contributed by atoms with E-state index in [0.717, 1.165) is 18.5 Å². The number of hydrogen-bond acceptors (Lipinski definition) is 2. The monoisotopic (exact) mass is 321 g/mol. The largest absolute Gasteiger partial charge is 0.505 e. The number of phenols is 1. The zero-order valence-electron chi connectivity index (χ0n) is 11.7. The molecule has 1 aliphatic carbocycles. The average molecular weight is 322 g/mol. The van der Waals surface area contributed by atoms with Crippen molar-refractivity contribution >= 4 is 28.9 Å². The first-order valence-electron chi connectivity index (χ1n) is 7.09. The summed E-state index contributed by atoms with van der Waals surface area (Å²) in [7, 11) is 0. The van der Waals surface area contributed by atoms with Crippen molar-refractivity contribution in [1.29, 1.82) is 0 Å². The molecular weight excluding hydrogens is 305 g/mol. The lowest BCUT2D eigenvalue weighted by Gasteiger charge is -2.31. The van der Waals surface area contributed by atoms with Crippen molar-refractivity contribution in [3.8, 4) is 5.75 Å².